The molecule has 1 aromatic heterocycles. The first kappa shape index (κ1) is 21.7. The quantitative estimate of drug-likeness (QED) is 0.618. The molecule has 0 unspecified atom stereocenters. The van der Waals surface area contributed by atoms with Crippen molar-refractivity contribution in [1.29, 1.82) is 0 Å². The van der Waals surface area contributed by atoms with Crippen molar-refractivity contribution in [3.8, 4) is 0 Å². The molecule has 2 amide bonds. The number of hydrogen-bond acceptors (Lipinski definition) is 4. The summed E-state index contributed by atoms with van der Waals surface area (Å²) in [5.41, 5.74) is -0.0815. The van der Waals surface area contributed by atoms with Crippen molar-refractivity contribution in [2.24, 2.45) is 23.2 Å². The fraction of sp³-hybridized carbons (Fsp3) is 0.750. The van der Waals surface area contributed by atoms with Gasteiger partial charge in [-0.25, -0.2) is 0 Å². The molecule has 0 atom stereocenters. The van der Waals surface area contributed by atoms with E-state index in [0.717, 1.165) is 80.5 Å². The first-order chi connectivity index (χ1) is 15.0. The zero-order valence-electron chi connectivity index (χ0n) is 18.3. The van der Waals surface area contributed by atoms with E-state index in [1.807, 2.05) is 11.0 Å². The van der Waals surface area contributed by atoms with Crippen molar-refractivity contribution >= 4 is 34.8 Å². The molecule has 1 N–H and O–H groups in total. The second-order valence-corrected chi connectivity index (χ2v) is 12.2. The summed E-state index contributed by atoms with van der Waals surface area (Å²) >= 11 is 7.65. The van der Waals surface area contributed by atoms with Crippen LogP contribution in [0.5, 0.6) is 0 Å². The SMILES string of the molecule is O=C(CCCNC(=O)C12CC3CC(CC(C3)C1)C2)N1CCN(Cc2ccc(Cl)s2)CC1. The number of piperazine rings is 1. The molecule has 1 aliphatic heterocycles. The first-order valence-corrected chi connectivity index (χ1v) is 13.2. The molecule has 6 rings (SSSR count). The standard InChI is InChI=1S/C24H34ClN3O2S/c25-21-4-3-20(31-21)16-27-6-8-28(9-7-27)22(29)2-1-5-26-23(30)24-13-17-10-18(14-24)12-19(11-17)15-24/h3-4,17-19H,1-2,5-16H2,(H,26,30). The molecule has 5 nitrogen and oxygen atoms in total. The van der Waals surface area contributed by atoms with Gasteiger partial charge in [0.05, 0.1) is 4.34 Å². The van der Waals surface area contributed by atoms with Gasteiger partial charge in [-0.2, -0.15) is 0 Å². The van der Waals surface area contributed by atoms with E-state index in [1.54, 1.807) is 11.3 Å². The lowest BCUT2D eigenvalue weighted by Crippen LogP contribution is -2.53. The lowest BCUT2D eigenvalue weighted by Gasteiger charge is -2.55. The predicted octanol–water partition coefficient (Wildman–Crippen LogP) is 4.16. The molecule has 170 valence electrons. The molecule has 4 aliphatic carbocycles. The summed E-state index contributed by atoms with van der Waals surface area (Å²) in [7, 11) is 0. The number of nitrogens with one attached hydrogen (secondary N) is 1. The van der Waals surface area contributed by atoms with Crippen molar-refractivity contribution in [3.05, 3.63) is 21.3 Å². The van der Waals surface area contributed by atoms with E-state index in [2.05, 4.69) is 16.3 Å². The summed E-state index contributed by atoms with van der Waals surface area (Å²) in [6, 6.07) is 4.03. The molecule has 7 heteroatoms. The third kappa shape index (κ3) is 4.81. The Kier molecular flexibility index (Phi) is 6.33. The summed E-state index contributed by atoms with van der Waals surface area (Å²) in [4.78, 5) is 31.3. The number of carbonyl (C=O) groups is 2. The van der Waals surface area contributed by atoms with E-state index in [0.29, 0.717) is 13.0 Å². The third-order valence-corrected chi connectivity index (χ3v) is 9.32. The van der Waals surface area contributed by atoms with Crippen LogP contribution in [-0.4, -0.2) is 54.3 Å². The smallest absolute Gasteiger partial charge is 0.226 e. The maximum absolute atomic E-state index is 13.0. The molecule has 2 heterocycles. The van der Waals surface area contributed by atoms with Gasteiger partial charge in [0.15, 0.2) is 0 Å². The summed E-state index contributed by atoms with van der Waals surface area (Å²) in [6.45, 7) is 4.93. The molecule has 0 spiro atoms. The van der Waals surface area contributed by atoms with Gasteiger partial charge in [0.2, 0.25) is 11.8 Å². The molecule has 1 saturated heterocycles. The van der Waals surface area contributed by atoms with Gasteiger partial charge in [-0.3, -0.25) is 14.5 Å². The molecule has 5 aliphatic rings. The molecule has 1 aromatic rings. The van der Waals surface area contributed by atoms with Crippen LogP contribution < -0.4 is 5.32 Å². The monoisotopic (exact) mass is 463 g/mol. The van der Waals surface area contributed by atoms with Gasteiger partial charge in [0.1, 0.15) is 0 Å². The van der Waals surface area contributed by atoms with Gasteiger partial charge in [-0.05, 0) is 74.8 Å². The summed E-state index contributed by atoms with van der Waals surface area (Å²) < 4.78 is 0.832. The van der Waals surface area contributed by atoms with Gasteiger partial charge in [-0.1, -0.05) is 11.6 Å². The zero-order valence-corrected chi connectivity index (χ0v) is 19.9. The van der Waals surface area contributed by atoms with Crippen molar-refractivity contribution in [2.75, 3.05) is 32.7 Å². The fourth-order valence-corrected chi connectivity index (χ4v) is 8.12. The van der Waals surface area contributed by atoms with Gasteiger partial charge >= 0.3 is 0 Å². The number of amides is 2. The van der Waals surface area contributed by atoms with Crippen LogP contribution in [0, 0.1) is 23.2 Å². The number of rotatable bonds is 7. The van der Waals surface area contributed by atoms with Crippen molar-refractivity contribution in [3.63, 3.8) is 0 Å². The minimum Gasteiger partial charge on any atom is -0.356 e. The Bertz CT molecular complexity index is 782. The second kappa shape index (κ2) is 9.03. The Morgan fingerprint density at radius 2 is 1.68 bits per heavy atom. The average molecular weight is 464 g/mol. The van der Waals surface area contributed by atoms with Crippen LogP contribution in [0.3, 0.4) is 0 Å². The molecule has 4 bridgehead atoms. The molecule has 0 radical (unpaired) electrons. The number of hydrogen-bond donors (Lipinski definition) is 1. The lowest BCUT2D eigenvalue weighted by molar-refractivity contribution is -0.146. The van der Waals surface area contributed by atoms with Crippen LogP contribution in [-0.2, 0) is 16.1 Å². The topological polar surface area (TPSA) is 52.7 Å². The molecule has 0 aromatic carbocycles. The summed E-state index contributed by atoms with van der Waals surface area (Å²) in [6.07, 6.45) is 8.65. The maximum Gasteiger partial charge on any atom is 0.226 e. The molecular weight excluding hydrogens is 430 g/mol. The minimum absolute atomic E-state index is 0.0815. The molecule has 4 saturated carbocycles. The normalized spacial score (nSPS) is 32.4. The van der Waals surface area contributed by atoms with E-state index in [4.69, 9.17) is 11.6 Å². The van der Waals surface area contributed by atoms with Crippen LogP contribution >= 0.6 is 22.9 Å². The van der Waals surface area contributed by atoms with E-state index < -0.39 is 0 Å². The van der Waals surface area contributed by atoms with E-state index in [9.17, 15) is 9.59 Å². The van der Waals surface area contributed by atoms with E-state index in [1.165, 1.54) is 24.1 Å². The van der Waals surface area contributed by atoms with Crippen molar-refractivity contribution in [1.82, 2.24) is 15.1 Å². The average Bonchev–Trinajstić information content (AvgIpc) is 3.15. The van der Waals surface area contributed by atoms with E-state index in [-0.39, 0.29) is 17.2 Å². The van der Waals surface area contributed by atoms with Gasteiger partial charge in [-0.15, -0.1) is 11.3 Å². The van der Waals surface area contributed by atoms with Crippen LogP contribution in [0.4, 0.5) is 0 Å². The Hall–Kier alpha value is -1.11. The van der Waals surface area contributed by atoms with Gasteiger partial charge in [0, 0.05) is 56.0 Å². The third-order valence-electron chi connectivity index (χ3n) is 8.11. The lowest BCUT2D eigenvalue weighted by atomic mass is 9.49. The van der Waals surface area contributed by atoms with Gasteiger partial charge < -0.3 is 10.2 Å². The van der Waals surface area contributed by atoms with Crippen LogP contribution in [0.1, 0.15) is 56.2 Å². The summed E-state index contributed by atoms with van der Waals surface area (Å²) in [5.74, 6) is 2.86. The Morgan fingerprint density at radius 3 is 2.26 bits per heavy atom. The largest absolute Gasteiger partial charge is 0.356 e. The Morgan fingerprint density at radius 1 is 1.03 bits per heavy atom. The maximum atomic E-state index is 13.0. The van der Waals surface area contributed by atoms with Crippen LogP contribution in [0.2, 0.25) is 4.34 Å². The highest BCUT2D eigenvalue weighted by Gasteiger charge is 2.54. The van der Waals surface area contributed by atoms with Crippen LogP contribution in [0.25, 0.3) is 0 Å². The highest BCUT2D eigenvalue weighted by atomic mass is 35.5. The zero-order chi connectivity index (χ0) is 21.4. The van der Waals surface area contributed by atoms with E-state index >= 15 is 0 Å². The van der Waals surface area contributed by atoms with Crippen LogP contribution in [0.15, 0.2) is 12.1 Å². The molecule has 5 fully saturated rings. The highest BCUT2D eigenvalue weighted by Crippen LogP contribution is 2.60. The number of carbonyl (C=O) groups excluding carboxylic acids is 2. The van der Waals surface area contributed by atoms with Crippen molar-refractivity contribution < 1.29 is 9.59 Å². The van der Waals surface area contributed by atoms with Gasteiger partial charge in [0.25, 0.3) is 0 Å². The number of halogens is 1. The number of thiophene rings is 1. The summed E-state index contributed by atoms with van der Waals surface area (Å²) in [5, 5.41) is 3.21. The minimum atomic E-state index is -0.0815. The number of nitrogens with zero attached hydrogens (tertiary/aromatic N) is 2. The predicted molar refractivity (Wildman–Crippen MR) is 124 cm³/mol. The molecule has 31 heavy (non-hydrogen) atoms. The molecular formula is C24H34ClN3O2S. The first-order valence-electron chi connectivity index (χ1n) is 12.0. The van der Waals surface area contributed by atoms with Crippen molar-refractivity contribution in [2.45, 2.75) is 57.9 Å². The Labute approximate surface area is 194 Å². The second-order valence-electron chi connectivity index (χ2n) is 10.4. The Balaban J connectivity index is 1.01. The highest BCUT2D eigenvalue weighted by molar-refractivity contribution is 7.16. The fourth-order valence-electron chi connectivity index (χ4n) is 6.99.